The van der Waals surface area contributed by atoms with Gasteiger partial charge in [0.15, 0.2) is 5.83 Å². The SMILES string of the molecule is F/C(C1=Cc2nc1c(-c1ccccc1)c1ccc([nH]1)c(-c1ccccc1)c1nc(c(-c3ccccc3)c3ccc([nH]3)c2-c2ccccc2)C=C1)=C(/F)C(F)(F)C(F)(F)Cl. The van der Waals surface area contributed by atoms with Crippen molar-refractivity contribution in [3.05, 3.63) is 180 Å². The van der Waals surface area contributed by atoms with E-state index in [1.165, 1.54) is 0 Å². The average Bonchev–Trinajstić information content (AvgIpc) is 4.09. The molecule has 2 N–H and O–H groups in total. The van der Waals surface area contributed by atoms with Gasteiger partial charge in [-0.25, -0.2) is 18.7 Å². The summed E-state index contributed by atoms with van der Waals surface area (Å²) in [5, 5.41) is -5.45. The molecule has 8 bridgehead atoms. The van der Waals surface area contributed by atoms with Crippen molar-refractivity contribution in [3.8, 4) is 44.5 Å². The lowest BCUT2D eigenvalue weighted by Crippen LogP contribution is -2.36. The minimum absolute atomic E-state index is 0.0392. The van der Waals surface area contributed by atoms with E-state index >= 15 is 8.78 Å². The summed E-state index contributed by atoms with van der Waals surface area (Å²) < 4.78 is 90.1. The highest BCUT2D eigenvalue weighted by Crippen LogP contribution is 2.49. The zero-order chi connectivity index (χ0) is 40.9. The van der Waals surface area contributed by atoms with Crippen LogP contribution in [0, 0.1) is 0 Å². The molecular weight excluding hydrogens is 782 g/mol. The molecule has 5 heterocycles. The summed E-state index contributed by atoms with van der Waals surface area (Å²) in [7, 11) is 0. The summed E-state index contributed by atoms with van der Waals surface area (Å²) in [6.45, 7) is 0. The monoisotopic (exact) mass is 810 g/mol. The lowest BCUT2D eigenvalue weighted by molar-refractivity contribution is -0.142. The predicted octanol–water partition coefficient (Wildman–Crippen LogP) is 14.3. The molecule has 0 aliphatic carbocycles. The summed E-state index contributed by atoms with van der Waals surface area (Å²) in [6.07, 6.45) is 4.96. The van der Waals surface area contributed by atoms with E-state index in [4.69, 9.17) is 9.97 Å². The third-order valence-electron chi connectivity index (χ3n) is 10.2. The molecule has 4 aromatic carbocycles. The highest BCUT2D eigenvalue weighted by molar-refractivity contribution is 6.22. The topological polar surface area (TPSA) is 57.4 Å². The molecule has 0 radical (unpaired) electrons. The Labute approximate surface area is 338 Å². The summed E-state index contributed by atoms with van der Waals surface area (Å²) in [5.74, 6) is -11.0. The minimum Gasteiger partial charge on any atom is -0.354 e. The van der Waals surface area contributed by atoms with E-state index in [9.17, 15) is 17.6 Å². The van der Waals surface area contributed by atoms with Crippen molar-refractivity contribution in [2.24, 2.45) is 0 Å². The summed E-state index contributed by atoms with van der Waals surface area (Å²) in [6, 6.07) is 43.9. The maximum Gasteiger partial charge on any atom is 0.391 e. The van der Waals surface area contributed by atoms with Crippen LogP contribution in [0.5, 0.6) is 0 Å². The van der Waals surface area contributed by atoms with E-state index in [1.807, 2.05) is 78.9 Å². The van der Waals surface area contributed by atoms with Crippen LogP contribution in [0.4, 0.5) is 26.3 Å². The molecule has 4 nitrogen and oxygen atoms in total. The maximum atomic E-state index is 16.6. The zero-order valence-corrected chi connectivity index (χ0v) is 31.4. The fourth-order valence-corrected chi connectivity index (χ4v) is 7.54. The Morgan fingerprint density at radius 3 is 1.20 bits per heavy atom. The van der Waals surface area contributed by atoms with Crippen LogP contribution >= 0.6 is 11.6 Å². The number of benzene rings is 4. The van der Waals surface area contributed by atoms with Gasteiger partial charge in [0.2, 0.25) is 5.83 Å². The number of aromatic amines is 2. The fourth-order valence-electron chi connectivity index (χ4n) is 7.46. The third kappa shape index (κ3) is 6.75. The Morgan fingerprint density at radius 1 is 0.458 bits per heavy atom. The minimum atomic E-state index is -5.70. The van der Waals surface area contributed by atoms with Crippen molar-refractivity contribution in [2.45, 2.75) is 11.3 Å². The number of rotatable bonds is 7. The van der Waals surface area contributed by atoms with Gasteiger partial charge in [-0.15, -0.1) is 0 Å². The summed E-state index contributed by atoms with van der Waals surface area (Å²) >= 11 is 4.68. The predicted molar refractivity (Wildman–Crippen MR) is 225 cm³/mol. The first-order valence-corrected chi connectivity index (χ1v) is 18.8. The second-order valence-corrected chi connectivity index (χ2v) is 14.3. The first kappa shape index (κ1) is 37.7. The number of H-pyrrole nitrogens is 2. The van der Waals surface area contributed by atoms with Crippen molar-refractivity contribution in [3.63, 3.8) is 0 Å². The lowest BCUT2D eigenvalue weighted by atomic mass is 9.98. The third-order valence-corrected chi connectivity index (χ3v) is 10.4. The number of fused-ring (bicyclic) bond motifs is 8. The van der Waals surface area contributed by atoms with Crippen molar-refractivity contribution in [1.82, 2.24) is 19.9 Å². The van der Waals surface area contributed by atoms with Crippen LogP contribution in [0.15, 0.2) is 157 Å². The molecule has 3 aromatic heterocycles. The van der Waals surface area contributed by atoms with E-state index in [1.54, 1.807) is 78.9 Å². The van der Waals surface area contributed by atoms with Crippen LogP contribution in [0.2, 0.25) is 0 Å². The molecule has 0 saturated carbocycles. The Morgan fingerprint density at radius 2 is 0.814 bits per heavy atom. The van der Waals surface area contributed by atoms with Gasteiger partial charge >= 0.3 is 11.3 Å². The highest BCUT2D eigenvalue weighted by atomic mass is 35.5. The number of allylic oxidation sites excluding steroid dienone is 3. The van der Waals surface area contributed by atoms with E-state index in [0.717, 1.165) is 22.8 Å². The van der Waals surface area contributed by atoms with Gasteiger partial charge in [-0.2, -0.15) is 17.6 Å². The molecule has 0 fully saturated rings. The standard InChI is InChI=1S/C48H29ClF6N4/c49-48(54,55)47(52,53)46(51)44(50)32-27-39-42(30-17-9-3-10-18-30)37-24-23-35(57-37)40(28-13-5-1-6-14-28)33-21-22-34(56-33)41(29-15-7-2-8-16-29)36-25-26-38(58-36)43(45(32)59-39)31-19-11-4-12-20-31/h1-27,57-58H/b40-33?,40-35?,41-34?,41-36?,42-37?,42-39?,43-38?,45-43?,46-44+. The maximum absolute atomic E-state index is 16.6. The van der Waals surface area contributed by atoms with E-state index in [2.05, 4.69) is 21.6 Å². The lowest BCUT2D eigenvalue weighted by Gasteiger charge is -2.20. The first-order chi connectivity index (χ1) is 28.5. The normalized spacial score (nSPS) is 13.3. The number of halogens is 7. The van der Waals surface area contributed by atoms with Crippen LogP contribution in [0.3, 0.4) is 0 Å². The van der Waals surface area contributed by atoms with Gasteiger partial charge in [0, 0.05) is 49.9 Å². The highest BCUT2D eigenvalue weighted by Gasteiger charge is 2.60. The first-order valence-electron chi connectivity index (χ1n) is 18.4. The number of hydrogen-bond donors (Lipinski definition) is 2. The van der Waals surface area contributed by atoms with Crippen molar-refractivity contribution < 1.29 is 26.3 Å². The molecule has 2 aliphatic heterocycles. The van der Waals surface area contributed by atoms with Crippen LogP contribution in [0.25, 0.3) is 90.4 Å². The van der Waals surface area contributed by atoms with Gasteiger partial charge in [0.1, 0.15) is 0 Å². The molecule has 2 aliphatic rings. The van der Waals surface area contributed by atoms with Crippen LogP contribution < -0.4 is 0 Å². The molecule has 0 spiro atoms. The quantitative estimate of drug-likeness (QED) is 0.124. The average molecular weight is 811 g/mol. The molecule has 0 amide bonds. The van der Waals surface area contributed by atoms with Crippen molar-refractivity contribution >= 4 is 57.5 Å². The van der Waals surface area contributed by atoms with Gasteiger partial charge in [-0.1, -0.05) is 121 Å². The van der Waals surface area contributed by atoms with Gasteiger partial charge < -0.3 is 9.97 Å². The number of nitrogens with zero attached hydrogens (tertiary/aromatic N) is 2. The fraction of sp³-hybridized carbons (Fsp3) is 0.0417. The second kappa shape index (κ2) is 14.8. The van der Waals surface area contributed by atoms with Crippen LogP contribution in [-0.2, 0) is 0 Å². The van der Waals surface area contributed by atoms with Gasteiger partial charge in [0.25, 0.3) is 0 Å². The van der Waals surface area contributed by atoms with Gasteiger partial charge in [0.05, 0.1) is 22.8 Å². The smallest absolute Gasteiger partial charge is 0.354 e. The largest absolute Gasteiger partial charge is 0.391 e. The van der Waals surface area contributed by atoms with Crippen LogP contribution in [-0.4, -0.2) is 31.2 Å². The molecule has 59 heavy (non-hydrogen) atoms. The van der Waals surface area contributed by atoms with Gasteiger partial charge in [-0.3, -0.25) is 0 Å². The second-order valence-electron chi connectivity index (χ2n) is 13.9. The Bertz CT molecular complexity index is 3000. The molecule has 0 unspecified atom stereocenters. The number of hydrogen-bond acceptors (Lipinski definition) is 2. The van der Waals surface area contributed by atoms with Gasteiger partial charge in [-0.05, 0) is 76.3 Å². The molecule has 11 heteroatoms. The molecule has 0 saturated heterocycles. The van der Waals surface area contributed by atoms with E-state index < -0.39 is 28.5 Å². The molecule has 7 aromatic rings. The molecule has 9 rings (SSSR count). The van der Waals surface area contributed by atoms with Crippen molar-refractivity contribution in [2.75, 3.05) is 0 Å². The number of aromatic nitrogens is 4. The van der Waals surface area contributed by atoms with Crippen molar-refractivity contribution in [1.29, 1.82) is 0 Å². The zero-order valence-electron chi connectivity index (χ0n) is 30.6. The number of nitrogens with one attached hydrogen (secondary N) is 2. The summed E-state index contributed by atoms with van der Waals surface area (Å²) in [5.41, 5.74) is 7.05. The Hall–Kier alpha value is -6.91. The Kier molecular flexibility index (Phi) is 9.44. The molecular formula is C48H29ClF6N4. The van der Waals surface area contributed by atoms with Crippen LogP contribution in [0.1, 0.15) is 22.8 Å². The summed E-state index contributed by atoms with van der Waals surface area (Å²) in [4.78, 5) is 17.0. The molecule has 0 atom stereocenters. The Balaban J connectivity index is 1.52. The van der Waals surface area contributed by atoms with E-state index in [-0.39, 0.29) is 17.0 Å². The number of alkyl halides is 5. The van der Waals surface area contributed by atoms with E-state index in [0.29, 0.717) is 55.7 Å². The molecule has 290 valence electrons.